The molecule has 0 amide bonds. The van der Waals surface area contributed by atoms with Gasteiger partial charge in [-0.05, 0) is 49.7 Å². The van der Waals surface area contributed by atoms with E-state index in [1.807, 2.05) is 49.4 Å². The Morgan fingerprint density at radius 1 is 0.833 bits per heavy atom. The van der Waals surface area contributed by atoms with Gasteiger partial charge in [-0.15, -0.1) is 0 Å². The average molecular weight is 331 g/mol. The first-order chi connectivity index (χ1) is 11.8. The first kappa shape index (κ1) is 17.9. The molecule has 2 N–H and O–H groups in total. The molecule has 2 aromatic rings. The van der Waals surface area contributed by atoms with Gasteiger partial charge >= 0.3 is 0 Å². The van der Waals surface area contributed by atoms with E-state index in [4.69, 9.17) is 24.7 Å². The molecule has 24 heavy (non-hydrogen) atoms. The van der Waals surface area contributed by atoms with Crippen molar-refractivity contribution < 1.29 is 18.9 Å². The van der Waals surface area contributed by atoms with Crippen LogP contribution in [0.15, 0.2) is 42.5 Å². The third-order valence-corrected chi connectivity index (χ3v) is 3.41. The number of hydrogen-bond donors (Lipinski definition) is 1. The Morgan fingerprint density at radius 2 is 1.50 bits per heavy atom. The number of nitrogens with two attached hydrogens (primary N) is 1. The van der Waals surface area contributed by atoms with E-state index in [1.54, 1.807) is 7.11 Å². The Hall–Kier alpha value is -2.40. The van der Waals surface area contributed by atoms with Crippen LogP contribution < -0.4 is 24.7 Å². The van der Waals surface area contributed by atoms with Crippen molar-refractivity contribution in [2.24, 2.45) is 5.73 Å². The van der Waals surface area contributed by atoms with Crippen LogP contribution in [0.4, 0.5) is 0 Å². The monoisotopic (exact) mass is 331 g/mol. The minimum absolute atomic E-state index is 0.406. The molecule has 2 aromatic carbocycles. The fourth-order valence-electron chi connectivity index (χ4n) is 2.30. The molecule has 0 aliphatic carbocycles. The third-order valence-electron chi connectivity index (χ3n) is 3.41. The van der Waals surface area contributed by atoms with E-state index in [9.17, 15) is 0 Å². The molecule has 0 atom stereocenters. The third kappa shape index (κ3) is 5.06. The zero-order valence-corrected chi connectivity index (χ0v) is 14.3. The maximum absolute atomic E-state index is 5.80. The first-order valence-electron chi connectivity index (χ1n) is 8.13. The lowest BCUT2D eigenvalue weighted by Crippen LogP contribution is -2.11. The second kappa shape index (κ2) is 9.67. The lowest BCUT2D eigenvalue weighted by atomic mass is 10.1. The standard InChI is InChI=1S/C19H25NO4/c1-3-22-17-6-4-5-7-18(17)23-12-13-24-19-14-15(10-11-20)8-9-16(19)21-2/h4-9,14H,3,10-13,20H2,1-2H3. The van der Waals surface area contributed by atoms with Gasteiger partial charge in [0.2, 0.25) is 0 Å². The van der Waals surface area contributed by atoms with Crippen molar-refractivity contribution >= 4 is 0 Å². The van der Waals surface area contributed by atoms with Gasteiger partial charge in [0.05, 0.1) is 13.7 Å². The molecule has 0 saturated heterocycles. The number of rotatable bonds is 10. The van der Waals surface area contributed by atoms with Crippen molar-refractivity contribution in [1.29, 1.82) is 0 Å². The number of ether oxygens (including phenoxy) is 4. The molecule has 5 heteroatoms. The van der Waals surface area contributed by atoms with Gasteiger partial charge in [0.15, 0.2) is 23.0 Å². The Labute approximate surface area is 143 Å². The van der Waals surface area contributed by atoms with Crippen LogP contribution in [-0.4, -0.2) is 33.5 Å². The maximum atomic E-state index is 5.80. The van der Waals surface area contributed by atoms with Crippen LogP contribution in [0, 0.1) is 0 Å². The second-order valence-electron chi connectivity index (χ2n) is 5.10. The van der Waals surface area contributed by atoms with E-state index in [1.165, 1.54) is 0 Å². The summed E-state index contributed by atoms with van der Waals surface area (Å²) in [6, 6.07) is 13.4. The van der Waals surface area contributed by atoms with Crippen molar-refractivity contribution in [2.45, 2.75) is 13.3 Å². The molecule has 130 valence electrons. The minimum atomic E-state index is 0.406. The lowest BCUT2D eigenvalue weighted by Gasteiger charge is -2.14. The summed E-state index contributed by atoms with van der Waals surface area (Å²) >= 11 is 0. The minimum Gasteiger partial charge on any atom is -0.493 e. The van der Waals surface area contributed by atoms with E-state index in [0.29, 0.717) is 43.6 Å². The van der Waals surface area contributed by atoms with Crippen molar-refractivity contribution in [3.8, 4) is 23.0 Å². The average Bonchev–Trinajstić information content (AvgIpc) is 2.61. The van der Waals surface area contributed by atoms with E-state index < -0.39 is 0 Å². The smallest absolute Gasteiger partial charge is 0.161 e. The van der Waals surface area contributed by atoms with Gasteiger partial charge in [0, 0.05) is 0 Å². The van der Waals surface area contributed by atoms with Crippen molar-refractivity contribution in [3.63, 3.8) is 0 Å². The van der Waals surface area contributed by atoms with Crippen LogP contribution in [0.1, 0.15) is 12.5 Å². The van der Waals surface area contributed by atoms with Crippen LogP contribution >= 0.6 is 0 Å². The zero-order chi connectivity index (χ0) is 17.2. The van der Waals surface area contributed by atoms with Crippen LogP contribution in [-0.2, 0) is 6.42 Å². The predicted octanol–water partition coefficient (Wildman–Crippen LogP) is 3.05. The van der Waals surface area contributed by atoms with Crippen LogP contribution in [0.2, 0.25) is 0 Å². The Bertz CT molecular complexity index is 631. The molecule has 0 aliphatic heterocycles. The molecule has 0 radical (unpaired) electrons. The molecule has 0 heterocycles. The van der Waals surface area contributed by atoms with Crippen LogP contribution in [0.3, 0.4) is 0 Å². The topological polar surface area (TPSA) is 62.9 Å². The van der Waals surface area contributed by atoms with Crippen molar-refractivity contribution in [2.75, 3.05) is 33.5 Å². The summed E-state index contributed by atoms with van der Waals surface area (Å²) in [4.78, 5) is 0. The Balaban J connectivity index is 1.91. The largest absolute Gasteiger partial charge is 0.493 e. The highest BCUT2D eigenvalue weighted by atomic mass is 16.5. The lowest BCUT2D eigenvalue weighted by molar-refractivity contribution is 0.203. The summed E-state index contributed by atoms with van der Waals surface area (Å²) in [5.41, 5.74) is 6.72. The molecule has 0 saturated carbocycles. The first-order valence-corrected chi connectivity index (χ1v) is 8.13. The summed E-state index contributed by atoms with van der Waals surface area (Å²) in [6.45, 7) is 3.96. The summed E-state index contributed by atoms with van der Waals surface area (Å²) in [5, 5.41) is 0. The zero-order valence-electron chi connectivity index (χ0n) is 14.3. The molecular weight excluding hydrogens is 306 g/mol. The predicted molar refractivity (Wildman–Crippen MR) is 94.4 cm³/mol. The van der Waals surface area contributed by atoms with Gasteiger partial charge in [-0.1, -0.05) is 18.2 Å². The quantitative estimate of drug-likeness (QED) is 0.678. The van der Waals surface area contributed by atoms with Gasteiger partial charge in [0.25, 0.3) is 0 Å². The van der Waals surface area contributed by atoms with Gasteiger partial charge in [0.1, 0.15) is 13.2 Å². The van der Waals surface area contributed by atoms with Gasteiger partial charge in [-0.3, -0.25) is 0 Å². The molecule has 0 aromatic heterocycles. The summed E-state index contributed by atoms with van der Waals surface area (Å²) in [7, 11) is 1.62. The van der Waals surface area contributed by atoms with Gasteiger partial charge in [-0.2, -0.15) is 0 Å². The summed E-state index contributed by atoms with van der Waals surface area (Å²) in [6.07, 6.45) is 0.804. The highest BCUT2D eigenvalue weighted by molar-refractivity contribution is 5.43. The highest BCUT2D eigenvalue weighted by Gasteiger charge is 2.07. The van der Waals surface area contributed by atoms with E-state index >= 15 is 0 Å². The molecule has 0 aliphatic rings. The fraction of sp³-hybridized carbons (Fsp3) is 0.368. The molecule has 0 fully saturated rings. The van der Waals surface area contributed by atoms with Crippen LogP contribution in [0.5, 0.6) is 23.0 Å². The normalized spacial score (nSPS) is 10.3. The fourth-order valence-corrected chi connectivity index (χ4v) is 2.30. The maximum Gasteiger partial charge on any atom is 0.161 e. The van der Waals surface area contributed by atoms with Gasteiger partial charge in [-0.25, -0.2) is 0 Å². The molecular formula is C19H25NO4. The number of methoxy groups -OCH3 is 1. The van der Waals surface area contributed by atoms with Crippen LogP contribution in [0.25, 0.3) is 0 Å². The molecule has 5 nitrogen and oxygen atoms in total. The van der Waals surface area contributed by atoms with E-state index in [2.05, 4.69) is 0 Å². The summed E-state index contributed by atoms with van der Waals surface area (Å²) < 4.78 is 22.4. The molecule has 0 spiro atoms. The number of benzene rings is 2. The highest BCUT2D eigenvalue weighted by Crippen LogP contribution is 2.29. The van der Waals surface area contributed by atoms with E-state index in [0.717, 1.165) is 17.7 Å². The van der Waals surface area contributed by atoms with E-state index in [-0.39, 0.29) is 0 Å². The van der Waals surface area contributed by atoms with Crippen molar-refractivity contribution in [3.05, 3.63) is 48.0 Å². The Kier molecular flexibility index (Phi) is 7.23. The Morgan fingerprint density at radius 3 is 2.12 bits per heavy atom. The molecule has 2 rings (SSSR count). The summed E-state index contributed by atoms with van der Waals surface area (Å²) in [5.74, 6) is 2.85. The molecule has 0 bridgehead atoms. The second-order valence-corrected chi connectivity index (χ2v) is 5.10. The van der Waals surface area contributed by atoms with Crippen molar-refractivity contribution in [1.82, 2.24) is 0 Å². The SMILES string of the molecule is CCOc1ccccc1OCCOc1cc(CCN)ccc1OC. The number of hydrogen-bond acceptors (Lipinski definition) is 5. The van der Waals surface area contributed by atoms with Gasteiger partial charge < -0.3 is 24.7 Å². The molecule has 0 unspecified atom stereocenters. The number of para-hydroxylation sites is 2.